The number of hydrogen-bond donors (Lipinski definition) is 1. The van der Waals surface area contributed by atoms with Crippen molar-refractivity contribution in [3.8, 4) is 11.5 Å². The molecule has 0 aliphatic carbocycles. The van der Waals surface area contributed by atoms with Crippen LogP contribution in [0, 0.1) is 0 Å². The minimum atomic E-state index is -0.0401. The van der Waals surface area contributed by atoms with Gasteiger partial charge in [-0.3, -0.25) is 4.98 Å². The largest absolute Gasteiger partial charge is 0.370 e. The van der Waals surface area contributed by atoms with E-state index in [1.165, 1.54) is 0 Å². The fourth-order valence-electron chi connectivity index (χ4n) is 1.83. The lowest BCUT2D eigenvalue weighted by atomic mass is 9.92. The zero-order chi connectivity index (χ0) is 15.5. The number of nitrogens with zero attached hydrogens (tertiary/aromatic N) is 3. The van der Waals surface area contributed by atoms with E-state index in [9.17, 15) is 0 Å². The van der Waals surface area contributed by atoms with E-state index in [-0.39, 0.29) is 5.41 Å². The molecule has 2 heterocycles. The number of halogens is 1. The maximum atomic E-state index is 4.70. The summed E-state index contributed by atoms with van der Waals surface area (Å²) < 4.78 is 0.900. The minimum absolute atomic E-state index is 0.0401. The average Bonchev–Trinajstić information content (AvgIpc) is 2.44. The Morgan fingerprint density at radius 2 is 2.00 bits per heavy atom. The molecule has 2 rings (SSSR count). The van der Waals surface area contributed by atoms with Gasteiger partial charge in [0.1, 0.15) is 11.5 Å². The van der Waals surface area contributed by atoms with E-state index >= 15 is 0 Å². The smallest absolute Gasteiger partial charge is 0.181 e. The fraction of sp³-hybridized carbons (Fsp3) is 0.438. The highest BCUT2D eigenvalue weighted by Gasteiger charge is 2.19. The van der Waals surface area contributed by atoms with Crippen LogP contribution in [0.4, 0.5) is 5.82 Å². The summed E-state index contributed by atoms with van der Waals surface area (Å²) in [6.07, 6.45) is 2.81. The summed E-state index contributed by atoms with van der Waals surface area (Å²) in [5.74, 6) is 1.50. The van der Waals surface area contributed by atoms with E-state index in [0.29, 0.717) is 5.82 Å². The predicted octanol–water partition coefficient (Wildman–Crippen LogP) is 4.42. The van der Waals surface area contributed by atoms with Crippen LogP contribution in [-0.4, -0.2) is 21.5 Å². The van der Waals surface area contributed by atoms with Crippen LogP contribution < -0.4 is 5.32 Å². The highest BCUT2D eigenvalue weighted by atomic mass is 79.9. The van der Waals surface area contributed by atoms with Crippen molar-refractivity contribution >= 4 is 21.7 Å². The molecule has 0 unspecified atom stereocenters. The van der Waals surface area contributed by atoms with Crippen LogP contribution in [-0.2, 0) is 5.41 Å². The Kier molecular flexibility index (Phi) is 4.93. The predicted molar refractivity (Wildman–Crippen MR) is 90.4 cm³/mol. The Hall–Kier alpha value is -1.49. The van der Waals surface area contributed by atoms with Gasteiger partial charge in [0.05, 0.1) is 5.69 Å². The van der Waals surface area contributed by atoms with Gasteiger partial charge in [0.25, 0.3) is 0 Å². The van der Waals surface area contributed by atoms with Crippen molar-refractivity contribution < 1.29 is 0 Å². The molecule has 0 radical (unpaired) electrons. The second kappa shape index (κ2) is 6.52. The standard InChI is InChI=1S/C16H21BrN4/c1-5-8-18-13-10-12(16(2,3)4)20-15(21-13)14-11(17)7-6-9-19-14/h6-7,9-10H,5,8H2,1-4H3,(H,18,20,21). The maximum Gasteiger partial charge on any atom is 0.181 e. The zero-order valence-corrected chi connectivity index (χ0v) is 14.5. The van der Waals surface area contributed by atoms with E-state index in [2.05, 4.69) is 58.9 Å². The van der Waals surface area contributed by atoms with Gasteiger partial charge >= 0.3 is 0 Å². The highest BCUT2D eigenvalue weighted by Crippen LogP contribution is 2.28. The van der Waals surface area contributed by atoms with Crippen LogP contribution in [0.25, 0.3) is 11.5 Å². The fourth-order valence-corrected chi connectivity index (χ4v) is 2.26. The van der Waals surface area contributed by atoms with Crippen molar-refractivity contribution in [3.05, 3.63) is 34.6 Å². The lowest BCUT2D eigenvalue weighted by Crippen LogP contribution is -2.16. The molecule has 4 nitrogen and oxygen atoms in total. The number of hydrogen-bond acceptors (Lipinski definition) is 4. The number of nitrogens with one attached hydrogen (secondary N) is 1. The second-order valence-electron chi connectivity index (χ2n) is 5.97. The number of aromatic nitrogens is 3. The van der Waals surface area contributed by atoms with E-state index in [1.807, 2.05) is 18.2 Å². The molecule has 5 heteroatoms. The monoisotopic (exact) mass is 348 g/mol. The minimum Gasteiger partial charge on any atom is -0.370 e. The molecule has 1 N–H and O–H groups in total. The summed E-state index contributed by atoms with van der Waals surface area (Å²) in [5.41, 5.74) is 1.73. The molecule has 0 amide bonds. The van der Waals surface area contributed by atoms with Gasteiger partial charge in [-0.25, -0.2) is 9.97 Å². The lowest BCUT2D eigenvalue weighted by Gasteiger charge is -2.19. The number of rotatable bonds is 4. The van der Waals surface area contributed by atoms with E-state index < -0.39 is 0 Å². The third-order valence-corrected chi connectivity index (χ3v) is 3.66. The van der Waals surface area contributed by atoms with Crippen molar-refractivity contribution in [3.63, 3.8) is 0 Å². The normalized spacial score (nSPS) is 11.5. The molecule has 2 aromatic heterocycles. The van der Waals surface area contributed by atoms with E-state index in [0.717, 1.165) is 34.6 Å². The Bertz CT molecular complexity index is 620. The Morgan fingerprint density at radius 3 is 2.62 bits per heavy atom. The molecular formula is C16H21BrN4. The lowest BCUT2D eigenvalue weighted by molar-refractivity contribution is 0.568. The molecule has 0 aromatic carbocycles. The second-order valence-corrected chi connectivity index (χ2v) is 6.83. The molecule has 0 saturated carbocycles. The summed E-state index contributed by atoms with van der Waals surface area (Å²) in [6.45, 7) is 9.47. The Labute approximate surface area is 134 Å². The molecular weight excluding hydrogens is 328 g/mol. The Morgan fingerprint density at radius 1 is 1.24 bits per heavy atom. The maximum absolute atomic E-state index is 4.70. The highest BCUT2D eigenvalue weighted by molar-refractivity contribution is 9.10. The van der Waals surface area contributed by atoms with Crippen molar-refractivity contribution in [2.24, 2.45) is 0 Å². The number of pyridine rings is 1. The van der Waals surface area contributed by atoms with Crippen LogP contribution in [0.3, 0.4) is 0 Å². The van der Waals surface area contributed by atoms with Crippen LogP contribution in [0.2, 0.25) is 0 Å². The third-order valence-electron chi connectivity index (χ3n) is 3.02. The first-order chi connectivity index (χ1) is 9.91. The van der Waals surface area contributed by atoms with Gasteiger partial charge < -0.3 is 5.32 Å². The molecule has 0 fully saturated rings. The van der Waals surface area contributed by atoms with Gasteiger partial charge in [0.2, 0.25) is 0 Å². The molecule has 0 aliphatic rings. The molecule has 0 aliphatic heterocycles. The molecule has 0 atom stereocenters. The summed E-state index contributed by atoms with van der Waals surface area (Å²) in [5, 5.41) is 3.34. The zero-order valence-electron chi connectivity index (χ0n) is 12.9. The van der Waals surface area contributed by atoms with Crippen LogP contribution in [0.1, 0.15) is 39.8 Å². The molecule has 0 spiro atoms. The SMILES string of the molecule is CCCNc1cc(C(C)(C)C)nc(-c2ncccc2Br)n1. The first-order valence-corrected chi connectivity index (χ1v) is 7.95. The van der Waals surface area contributed by atoms with Crippen molar-refractivity contribution in [2.75, 3.05) is 11.9 Å². The molecule has 2 aromatic rings. The van der Waals surface area contributed by atoms with Crippen LogP contribution in [0.5, 0.6) is 0 Å². The molecule has 0 bridgehead atoms. The number of anilines is 1. The van der Waals surface area contributed by atoms with Crippen LogP contribution in [0.15, 0.2) is 28.9 Å². The molecule has 112 valence electrons. The van der Waals surface area contributed by atoms with Crippen molar-refractivity contribution in [2.45, 2.75) is 39.5 Å². The van der Waals surface area contributed by atoms with Gasteiger partial charge in [-0.15, -0.1) is 0 Å². The third kappa shape index (κ3) is 4.00. The molecule has 21 heavy (non-hydrogen) atoms. The van der Waals surface area contributed by atoms with Gasteiger partial charge in [-0.1, -0.05) is 27.7 Å². The van der Waals surface area contributed by atoms with Gasteiger partial charge in [-0.2, -0.15) is 0 Å². The summed E-state index contributed by atoms with van der Waals surface area (Å²) >= 11 is 3.52. The molecule has 0 saturated heterocycles. The first kappa shape index (κ1) is 15.9. The van der Waals surface area contributed by atoms with Gasteiger partial charge in [-0.05, 0) is 34.5 Å². The van der Waals surface area contributed by atoms with Crippen molar-refractivity contribution in [1.82, 2.24) is 15.0 Å². The average molecular weight is 349 g/mol. The first-order valence-electron chi connectivity index (χ1n) is 7.16. The van der Waals surface area contributed by atoms with E-state index in [1.54, 1.807) is 6.20 Å². The quantitative estimate of drug-likeness (QED) is 0.888. The van der Waals surface area contributed by atoms with Crippen LogP contribution >= 0.6 is 15.9 Å². The summed E-state index contributed by atoms with van der Waals surface area (Å²) in [4.78, 5) is 13.7. The Balaban J connectivity index is 2.52. The van der Waals surface area contributed by atoms with Crippen molar-refractivity contribution in [1.29, 1.82) is 0 Å². The summed E-state index contributed by atoms with van der Waals surface area (Å²) in [6, 6.07) is 5.86. The van der Waals surface area contributed by atoms with Gasteiger partial charge in [0, 0.05) is 28.7 Å². The van der Waals surface area contributed by atoms with E-state index in [4.69, 9.17) is 4.98 Å². The van der Waals surface area contributed by atoms with Gasteiger partial charge in [0.15, 0.2) is 5.82 Å². The summed E-state index contributed by atoms with van der Waals surface area (Å²) in [7, 11) is 0. The topological polar surface area (TPSA) is 50.7 Å².